The molecule has 8 nitrogen and oxygen atoms in total. The third kappa shape index (κ3) is 6.21. The van der Waals surface area contributed by atoms with Crippen molar-refractivity contribution in [2.24, 2.45) is 0 Å². The van der Waals surface area contributed by atoms with E-state index in [1.165, 1.54) is 6.07 Å². The first-order valence-electron chi connectivity index (χ1n) is 10.6. The molecule has 1 aliphatic rings. The molecule has 0 saturated carbocycles. The molecule has 170 valence electrons. The minimum Gasteiger partial charge on any atom is -0.478 e. The Hall–Kier alpha value is -3.10. The van der Waals surface area contributed by atoms with Gasteiger partial charge in [0.25, 0.3) is 5.91 Å². The van der Waals surface area contributed by atoms with Gasteiger partial charge >= 0.3 is 5.97 Å². The number of carbonyl (C=O) groups is 3. The standard InChI is InChI=1S/C23H27ClN4O4/c1-2-9-25-21(29)15-27-10-12-28(13-11-27)20-8-7-18(14-19(20)23(31)32)26-22(30)16-3-5-17(24)6-4-16/h3-8,14H,2,9-13,15H2,1H3,(H,25,29)(H,26,30)(H,31,32). The minimum absolute atomic E-state index is 0.00677. The first kappa shape index (κ1) is 23.6. The van der Waals surface area contributed by atoms with Crippen LogP contribution in [-0.4, -0.2) is 67.1 Å². The number of anilines is 2. The number of nitrogens with zero attached hydrogens (tertiary/aromatic N) is 2. The summed E-state index contributed by atoms with van der Waals surface area (Å²) in [5.74, 6) is -1.41. The fraction of sp³-hybridized carbons (Fsp3) is 0.348. The second kappa shape index (κ2) is 11.0. The highest BCUT2D eigenvalue weighted by molar-refractivity contribution is 6.30. The average molecular weight is 459 g/mol. The van der Waals surface area contributed by atoms with Crippen LogP contribution in [-0.2, 0) is 4.79 Å². The highest BCUT2D eigenvalue weighted by Gasteiger charge is 2.23. The van der Waals surface area contributed by atoms with Crippen LogP contribution in [0.4, 0.5) is 11.4 Å². The molecule has 2 aromatic carbocycles. The molecule has 0 radical (unpaired) electrons. The summed E-state index contributed by atoms with van der Waals surface area (Å²) in [6.07, 6.45) is 0.896. The number of nitrogens with one attached hydrogen (secondary N) is 2. The number of carbonyl (C=O) groups excluding carboxylic acids is 2. The van der Waals surface area contributed by atoms with E-state index in [2.05, 4.69) is 15.5 Å². The Balaban J connectivity index is 1.65. The van der Waals surface area contributed by atoms with E-state index in [9.17, 15) is 19.5 Å². The van der Waals surface area contributed by atoms with Crippen LogP contribution in [0.3, 0.4) is 0 Å². The van der Waals surface area contributed by atoms with Gasteiger partial charge in [-0.2, -0.15) is 0 Å². The Kier molecular flexibility index (Phi) is 8.08. The van der Waals surface area contributed by atoms with Crippen molar-refractivity contribution in [2.75, 3.05) is 49.5 Å². The summed E-state index contributed by atoms with van der Waals surface area (Å²) in [6.45, 7) is 5.56. The maximum absolute atomic E-state index is 12.4. The fourth-order valence-corrected chi connectivity index (χ4v) is 3.66. The Morgan fingerprint density at radius 1 is 1.03 bits per heavy atom. The molecular weight excluding hydrogens is 432 g/mol. The third-order valence-corrected chi connectivity index (χ3v) is 5.50. The molecule has 1 heterocycles. The number of hydrogen-bond donors (Lipinski definition) is 3. The molecule has 0 aliphatic carbocycles. The van der Waals surface area contributed by atoms with Crippen LogP contribution in [0.2, 0.25) is 5.02 Å². The highest BCUT2D eigenvalue weighted by Crippen LogP contribution is 2.26. The van der Waals surface area contributed by atoms with E-state index in [-0.39, 0.29) is 17.4 Å². The Morgan fingerprint density at radius 3 is 2.34 bits per heavy atom. The molecule has 3 rings (SSSR count). The Bertz CT molecular complexity index is 972. The van der Waals surface area contributed by atoms with Crippen molar-refractivity contribution >= 4 is 40.8 Å². The van der Waals surface area contributed by atoms with Crippen molar-refractivity contribution in [1.82, 2.24) is 10.2 Å². The predicted molar refractivity (Wildman–Crippen MR) is 125 cm³/mol. The summed E-state index contributed by atoms with van der Waals surface area (Å²) in [5.41, 5.74) is 1.54. The van der Waals surface area contributed by atoms with Crippen molar-refractivity contribution < 1.29 is 19.5 Å². The van der Waals surface area contributed by atoms with E-state index in [1.807, 2.05) is 11.8 Å². The third-order valence-electron chi connectivity index (χ3n) is 5.24. The van der Waals surface area contributed by atoms with Gasteiger partial charge in [-0.05, 0) is 48.9 Å². The van der Waals surface area contributed by atoms with Gasteiger partial charge in [-0.25, -0.2) is 4.79 Å². The SMILES string of the molecule is CCCNC(=O)CN1CCN(c2ccc(NC(=O)c3ccc(Cl)cc3)cc2C(=O)O)CC1. The lowest BCUT2D eigenvalue weighted by Crippen LogP contribution is -2.49. The molecule has 0 atom stereocenters. The molecule has 0 bridgehead atoms. The summed E-state index contributed by atoms with van der Waals surface area (Å²) in [5, 5.41) is 15.9. The first-order chi connectivity index (χ1) is 15.4. The molecule has 32 heavy (non-hydrogen) atoms. The zero-order chi connectivity index (χ0) is 23.1. The number of benzene rings is 2. The first-order valence-corrected chi connectivity index (χ1v) is 10.9. The van der Waals surface area contributed by atoms with Crippen molar-refractivity contribution in [2.45, 2.75) is 13.3 Å². The van der Waals surface area contributed by atoms with Crippen molar-refractivity contribution in [3.05, 3.63) is 58.6 Å². The second-order valence-electron chi connectivity index (χ2n) is 7.61. The largest absolute Gasteiger partial charge is 0.478 e. The second-order valence-corrected chi connectivity index (χ2v) is 8.05. The monoisotopic (exact) mass is 458 g/mol. The molecule has 0 unspecified atom stereocenters. The van der Waals surface area contributed by atoms with Crippen LogP contribution in [0.25, 0.3) is 0 Å². The average Bonchev–Trinajstić information content (AvgIpc) is 2.78. The molecule has 3 N–H and O–H groups in total. The number of piperazine rings is 1. The van der Waals surface area contributed by atoms with Gasteiger partial charge in [0, 0.05) is 49.0 Å². The van der Waals surface area contributed by atoms with E-state index in [0.717, 1.165) is 6.42 Å². The summed E-state index contributed by atoms with van der Waals surface area (Å²) in [6, 6.07) is 11.3. The normalized spacial score (nSPS) is 14.1. The molecule has 9 heteroatoms. The lowest BCUT2D eigenvalue weighted by molar-refractivity contribution is -0.122. The summed E-state index contributed by atoms with van der Waals surface area (Å²) >= 11 is 5.85. The zero-order valence-electron chi connectivity index (χ0n) is 17.9. The number of hydrogen-bond acceptors (Lipinski definition) is 5. The van der Waals surface area contributed by atoms with Crippen molar-refractivity contribution in [3.63, 3.8) is 0 Å². The topological polar surface area (TPSA) is 102 Å². The molecule has 1 aliphatic heterocycles. The number of rotatable bonds is 8. The maximum Gasteiger partial charge on any atom is 0.337 e. The van der Waals surface area contributed by atoms with Crippen LogP contribution >= 0.6 is 11.6 Å². The zero-order valence-corrected chi connectivity index (χ0v) is 18.7. The minimum atomic E-state index is -1.07. The number of halogens is 1. The van der Waals surface area contributed by atoms with Crippen LogP contribution < -0.4 is 15.5 Å². The number of carboxylic acid groups (broad SMARTS) is 1. The number of amides is 2. The molecular formula is C23H27ClN4O4. The van der Waals surface area contributed by atoms with Crippen LogP contribution in [0, 0.1) is 0 Å². The maximum atomic E-state index is 12.4. The molecule has 0 aromatic heterocycles. The van der Waals surface area contributed by atoms with Crippen LogP contribution in [0.1, 0.15) is 34.1 Å². The van der Waals surface area contributed by atoms with Gasteiger partial charge < -0.3 is 20.6 Å². The Labute approximate surface area is 192 Å². The lowest BCUT2D eigenvalue weighted by atomic mass is 10.1. The van der Waals surface area contributed by atoms with Gasteiger partial charge in [0.05, 0.1) is 17.8 Å². The highest BCUT2D eigenvalue weighted by atomic mass is 35.5. The molecule has 0 spiro atoms. The summed E-state index contributed by atoms with van der Waals surface area (Å²) in [7, 11) is 0. The van der Waals surface area contributed by atoms with Crippen molar-refractivity contribution in [1.29, 1.82) is 0 Å². The van der Waals surface area contributed by atoms with Gasteiger partial charge in [-0.1, -0.05) is 18.5 Å². The van der Waals surface area contributed by atoms with E-state index in [0.29, 0.717) is 61.2 Å². The summed E-state index contributed by atoms with van der Waals surface area (Å²) < 4.78 is 0. The van der Waals surface area contributed by atoms with Crippen LogP contribution in [0.15, 0.2) is 42.5 Å². The molecule has 2 aromatic rings. The molecule has 1 fully saturated rings. The molecule has 2 amide bonds. The van der Waals surface area contributed by atoms with Crippen LogP contribution in [0.5, 0.6) is 0 Å². The van der Waals surface area contributed by atoms with Gasteiger partial charge in [0.1, 0.15) is 0 Å². The number of aromatic carboxylic acids is 1. The number of carboxylic acids is 1. The van der Waals surface area contributed by atoms with Gasteiger partial charge in [-0.15, -0.1) is 0 Å². The Morgan fingerprint density at radius 2 is 1.72 bits per heavy atom. The van der Waals surface area contributed by atoms with E-state index in [4.69, 9.17) is 11.6 Å². The smallest absolute Gasteiger partial charge is 0.337 e. The van der Waals surface area contributed by atoms with Crippen molar-refractivity contribution in [3.8, 4) is 0 Å². The predicted octanol–water partition coefficient (Wildman–Crippen LogP) is 2.94. The van der Waals surface area contributed by atoms with Gasteiger partial charge in [0.15, 0.2) is 0 Å². The van der Waals surface area contributed by atoms with E-state index in [1.54, 1.807) is 36.4 Å². The molecule has 1 saturated heterocycles. The quantitative estimate of drug-likeness (QED) is 0.562. The van der Waals surface area contributed by atoms with E-state index >= 15 is 0 Å². The lowest BCUT2D eigenvalue weighted by Gasteiger charge is -2.36. The van der Waals surface area contributed by atoms with Gasteiger partial charge in [-0.3, -0.25) is 14.5 Å². The van der Waals surface area contributed by atoms with Gasteiger partial charge in [0.2, 0.25) is 5.91 Å². The summed E-state index contributed by atoms with van der Waals surface area (Å²) in [4.78, 5) is 40.3. The fourth-order valence-electron chi connectivity index (χ4n) is 3.54. The van der Waals surface area contributed by atoms with E-state index < -0.39 is 5.97 Å².